The number of amides is 2. The first kappa shape index (κ1) is 15.1. The van der Waals surface area contributed by atoms with E-state index >= 15 is 0 Å². The van der Waals surface area contributed by atoms with Gasteiger partial charge in [0.1, 0.15) is 11.7 Å². The van der Waals surface area contributed by atoms with E-state index in [1.165, 1.54) is 0 Å². The van der Waals surface area contributed by atoms with Gasteiger partial charge < -0.3 is 15.0 Å². The molecule has 0 aliphatic carbocycles. The van der Waals surface area contributed by atoms with Crippen molar-refractivity contribution < 1.29 is 14.3 Å². The summed E-state index contributed by atoms with van der Waals surface area (Å²) in [4.78, 5) is 26.6. The molecule has 0 bridgehead atoms. The molecule has 0 spiro atoms. The van der Waals surface area contributed by atoms with Crippen molar-refractivity contribution in [2.75, 3.05) is 23.9 Å². The molecule has 1 aliphatic rings. The summed E-state index contributed by atoms with van der Waals surface area (Å²) in [7, 11) is 1.54. The molecule has 118 valence electrons. The van der Waals surface area contributed by atoms with E-state index in [1.54, 1.807) is 24.1 Å². The molecular formula is C18H18N2O3. The van der Waals surface area contributed by atoms with E-state index < -0.39 is 5.92 Å². The first-order valence-electron chi connectivity index (χ1n) is 7.51. The quantitative estimate of drug-likeness (QED) is 0.883. The minimum atomic E-state index is -0.667. The molecule has 1 heterocycles. The minimum absolute atomic E-state index is 0.163. The Bertz CT molecular complexity index is 715. The van der Waals surface area contributed by atoms with Crippen LogP contribution in [0.2, 0.25) is 0 Å². The number of hydrogen-bond acceptors (Lipinski definition) is 3. The zero-order chi connectivity index (χ0) is 16.2. The zero-order valence-corrected chi connectivity index (χ0v) is 12.9. The highest BCUT2D eigenvalue weighted by atomic mass is 16.5. The number of hydrogen-bond donors (Lipinski definition) is 1. The number of anilines is 2. The van der Waals surface area contributed by atoms with Gasteiger partial charge in [0, 0.05) is 12.2 Å². The van der Waals surface area contributed by atoms with Gasteiger partial charge in [0.05, 0.1) is 12.8 Å². The van der Waals surface area contributed by atoms with Crippen LogP contribution in [0.3, 0.4) is 0 Å². The van der Waals surface area contributed by atoms with Gasteiger partial charge in [0.25, 0.3) is 0 Å². The highest BCUT2D eigenvalue weighted by Gasteiger charge is 2.37. The lowest BCUT2D eigenvalue weighted by Gasteiger charge is -2.17. The first-order chi connectivity index (χ1) is 11.2. The van der Waals surface area contributed by atoms with Crippen LogP contribution in [0.5, 0.6) is 5.75 Å². The number of carbonyl (C=O) groups excluding carboxylic acids is 2. The topological polar surface area (TPSA) is 58.6 Å². The predicted molar refractivity (Wildman–Crippen MR) is 88.5 cm³/mol. The lowest BCUT2D eigenvalue weighted by Crippen LogP contribution is -2.33. The van der Waals surface area contributed by atoms with Crippen molar-refractivity contribution >= 4 is 23.2 Å². The Balaban J connectivity index is 1.73. The molecule has 2 aromatic carbocycles. The Kier molecular flexibility index (Phi) is 4.28. The van der Waals surface area contributed by atoms with Gasteiger partial charge in [0.2, 0.25) is 11.8 Å². The lowest BCUT2D eigenvalue weighted by molar-refractivity contribution is -0.129. The summed E-state index contributed by atoms with van der Waals surface area (Å²) >= 11 is 0. The molecule has 0 unspecified atom stereocenters. The van der Waals surface area contributed by atoms with Crippen LogP contribution in [0.1, 0.15) is 6.42 Å². The van der Waals surface area contributed by atoms with E-state index in [0.717, 1.165) is 5.69 Å². The van der Waals surface area contributed by atoms with Gasteiger partial charge in [-0.25, -0.2) is 0 Å². The highest BCUT2D eigenvalue weighted by molar-refractivity contribution is 6.13. The summed E-state index contributed by atoms with van der Waals surface area (Å²) in [6, 6.07) is 16.6. The van der Waals surface area contributed by atoms with E-state index in [-0.39, 0.29) is 11.8 Å². The second-order valence-electron chi connectivity index (χ2n) is 5.36. The molecule has 1 N–H and O–H groups in total. The average molecular weight is 310 g/mol. The molecule has 1 atom stereocenters. The fraction of sp³-hybridized carbons (Fsp3) is 0.222. The van der Waals surface area contributed by atoms with Crippen molar-refractivity contribution in [2.24, 2.45) is 5.92 Å². The van der Waals surface area contributed by atoms with Crippen molar-refractivity contribution in [3.63, 3.8) is 0 Å². The Morgan fingerprint density at radius 1 is 1.13 bits per heavy atom. The van der Waals surface area contributed by atoms with E-state index in [1.807, 2.05) is 42.5 Å². The third-order valence-corrected chi connectivity index (χ3v) is 3.95. The molecule has 5 nitrogen and oxygen atoms in total. The Hall–Kier alpha value is -2.82. The lowest BCUT2D eigenvalue weighted by atomic mass is 10.1. The number of carbonyl (C=O) groups is 2. The first-order valence-corrected chi connectivity index (χ1v) is 7.51. The summed E-state index contributed by atoms with van der Waals surface area (Å²) < 4.78 is 5.22. The van der Waals surface area contributed by atoms with Crippen LogP contribution in [0.25, 0.3) is 0 Å². The van der Waals surface area contributed by atoms with Gasteiger partial charge in [0.15, 0.2) is 0 Å². The Labute approximate surface area is 134 Å². The van der Waals surface area contributed by atoms with E-state index in [9.17, 15) is 9.59 Å². The van der Waals surface area contributed by atoms with Gasteiger partial charge in [-0.1, -0.05) is 30.3 Å². The molecule has 23 heavy (non-hydrogen) atoms. The number of nitrogens with one attached hydrogen (secondary N) is 1. The van der Waals surface area contributed by atoms with Crippen LogP contribution in [0.4, 0.5) is 11.4 Å². The Morgan fingerprint density at radius 3 is 2.57 bits per heavy atom. The maximum atomic E-state index is 12.5. The third-order valence-electron chi connectivity index (χ3n) is 3.95. The Morgan fingerprint density at radius 2 is 1.83 bits per heavy atom. The number of nitrogens with zero attached hydrogens (tertiary/aromatic N) is 1. The summed E-state index contributed by atoms with van der Waals surface area (Å²) in [6.07, 6.45) is 0.509. The summed E-state index contributed by atoms with van der Waals surface area (Å²) in [5.41, 5.74) is 1.40. The van der Waals surface area contributed by atoms with Crippen LogP contribution in [0, 0.1) is 5.92 Å². The molecule has 0 radical (unpaired) electrons. The molecule has 2 amide bonds. The van der Waals surface area contributed by atoms with Crippen molar-refractivity contribution in [1.29, 1.82) is 0 Å². The van der Waals surface area contributed by atoms with Crippen LogP contribution >= 0.6 is 0 Å². The molecular weight excluding hydrogens is 292 g/mol. The predicted octanol–water partition coefficient (Wildman–Crippen LogP) is 2.69. The fourth-order valence-electron chi connectivity index (χ4n) is 2.76. The van der Waals surface area contributed by atoms with Crippen LogP contribution < -0.4 is 15.0 Å². The smallest absolute Gasteiger partial charge is 0.239 e. The molecule has 0 saturated carbocycles. The molecule has 3 rings (SSSR count). The molecule has 1 saturated heterocycles. The molecule has 1 aliphatic heterocycles. The normalized spacial score (nSPS) is 17.2. The monoisotopic (exact) mass is 310 g/mol. The third kappa shape index (κ3) is 3.04. The number of benzene rings is 2. The van der Waals surface area contributed by atoms with Crippen LogP contribution in [-0.4, -0.2) is 25.5 Å². The number of ether oxygens (including phenoxy) is 1. The van der Waals surface area contributed by atoms with Crippen molar-refractivity contribution in [3.05, 3.63) is 54.6 Å². The van der Waals surface area contributed by atoms with Gasteiger partial charge in [-0.05, 0) is 30.7 Å². The van der Waals surface area contributed by atoms with E-state index in [0.29, 0.717) is 24.4 Å². The van der Waals surface area contributed by atoms with Crippen molar-refractivity contribution in [2.45, 2.75) is 6.42 Å². The van der Waals surface area contributed by atoms with Crippen LogP contribution in [-0.2, 0) is 9.59 Å². The average Bonchev–Trinajstić information content (AvgIpc) is 2.98. The largest absolute Gasteiger partial charge is 0.495 e. The fourth-order valence-corrected chi connectivity index (χ4v) is 2.76. The number of methoxy groups -OCH3 is 1. The van der Waals surface area contributed by atoms with Crippen LogP contribution in [0.15, 0.2) is 54.6 Å². The van der Waals surface area contributed by atoms with Crippen molar-refractivity contribution in [1.82, 2.24) is 0 Å². The molecule has 0 aromatic heterocycles. The summed E-state index contributed by atoms with van der Waals surface area (Å²) in [5, 5.41) is 2.79. The van der Waals surface area contributed by atoms with Crippen molar-refractivity contribution in [3.8, 4) is 5.75 Å². The maximum Gasteiger partial charge on any atom is 0.239 e. The molecule has 1 fully saturated rings. The standard InChI is InChI=1S/C18H18N2O3/c1-23-16-10-6-5-9-15(16)19-17(21)14-11-12-20(18(14)22)13-7-3-2-4-8-13/h2-10,14H,11-12H2,1H3,(H,19,21)/t14-/m0/s1. The summed E-state index contributed by atoms with van der Waals surface area (Å²) in [6.45, 7) is 0.548. The number of rotatable bonds is 4. The van der Waals surface area contributed by atoms with E-state index in [2.05, 4.69) is 5.32 Å². The molecule has 5 heteroatoms. The molecule has 2 aromatic rings. The second kappa shape index (κ2) is 6.52. The summed E-state index contributed by atoms with van der Waals surface area (Å²) in [5.74, 6) is -0.548. The van der Waals surface area contributed by atoms with Gasteiger partial charge in [-0.3, -0.25) is 9.59 Å². The van der Waals surface area contributed by atoms with Gasteiger partial charge in [-0.15, -0.1) is 0 Å². The highest BCUT2D eigenvalue weighted by Crippen LogP contribution is 2.28. The van der Waals surface area contributed by atoms with Gasteiger partial charge >= 0.3 is 0 Å². The zero-order valence-electron chi connectivity index (χ0n) is 12.9. The SMILES string of the molecule is COc1ccccc1NC(=O)[C@@H]1CCN(c2ccccc2)C1=O. The number of para-hydroxylation sites is 3. The maximum absolute atomic E-state index is 12.5. The van der Waals surface area contributed by atoms with E-state index in [4.69, 9.17) is 4.74 Å². The second-order valence-corrected chi connectivity index (χ2v) is 5.36. The van der Waals surface area contributed by atoms with Gasteiger partial charge in [-0.2, -0.15) is 0 Å². The minimum Gasteiger partial charge on any atom is -0.495 e.